The zero-order chi connectivity index (χ0) is 21.5. The fraction of sp³-hybridized carbons (Fsp3) is 0.520. The number of ketones is 1. The van der Waals surface area contributed by atoms with Crippen molar-refractivity contribution < 1.29 is 9.59 Å². The van der Waals surface area contributed by atoms with E-state index in [4.69, 9.17) is 0 Å². The van der Waals surface area contributed by atoms with Gasteiger partial charge in [0.2, 0.25) is 0 Å². The number of amides is 1. The van der Waals surface area contributed by atoms with E-state index in [1.807, 2.05) is 29.2 Å². The second-order valence-corrected chi connectivity index (χ2v) is 10.9. The number of fused-ring (bicyclic) bond motifs is 1. The molecule has 4 nitrogen and oxygen atoms in total. The van der Waals surface area contributed by atoms with Gasteiger partial charge in [-0.2, -0.15) is 0 Å². The van der Waals surface area contributed by atoms with Crippen LogP contribution < -0.4 is 4.90 Å². The molecule has 0 bridgehead atoms. The summed E-state index contributed by atoms with van der Waals surface area (Å²) in [5.41, 5.74) is 3.58. The lowest BCUT2D eigenvalue weighted by Crippen LogP contribution is -2.48. The van der Waals surface area contributed by atoms with E-state index in [-0.39, 0.29) is 11.7 Å². The maximum absolute atomic E-state index is 13.1. The minimum atomic E-state index is 0.0874. The Labute approximate surface area is 183 Å². The maximum atomic E-state index is 13.1. The molecule has 1 fully saturated rings. The molecule has 160 valence electrons. The molecule has 0 saturated carbocycles. The third kappa shape index (κ3) is 4.31. The van der Waals surface area contributed by atoms with Crippen molar-refractivity contribution in [1.29, 1.82) is 0 Å². The van der Waals surface area contributed by atoms with E-state index in [1.165, 1.54) is 16.9 Å². The van der Waals surface area contributed by atoms with Crippen molar-refractivity contribution in [1.82, 2.24) is 4.90 Å². The van der Waals surface area contributed by atoms with Gasteiger partial charge in [0.1, 0.15) is 0 Å². The molecular formula is C25H32N2O2S. The summed E-state index contributed by atoms with van der Waals surface area (Å²) in [6, 6.07) is 9.96. The molecule has 2 aromatic rings. The topological polar surface area (TPSA) is 40.6 Å². The molecule has 5 heteroatoms. The summed E-state index contributed by atoms with van der Waals surface area (Å²) in [6.07, 6.45) is 3.44. The lowest BCUT2D eigenvalue weighted by atomic mass is 9.72. The minimum absolute atomic E-state index is 0.0874. The molecule has 2 aliphatic rings. The van der Waals surface area contributed by atoms with E-state index in [0.29, 0.717) is 11.3 Å². The van der Waals surface area contributed by atoms with E-state index in [0.717, 1.165) is 55.1 Å². The van der Waals surface area contributed by atoms with Crippen LogP contribution in [0, 0.1) is 11.3 Å². The van der Waals surface area contributed by atoms with E-state index in [2.05, 4.69) is 31.7 Å². The highest BCUT2D eigenvalue weighted by molar-refractivity contribution is 7.14. The summed E-state index contributed by atoms with van der Waals surface area (Å²) in [4.78, 5) is 31.2. The predicted molar refractivity (Wildman–Crippen MR) is 124 cm³/mol. The normalized spacial score (nSPS) is 19.5. The number of hydrogen-bond donors (Lipinski definition) is 0. The van der Waals surface area contributed by atoms with E-state index in [1.54, 1.807) is 18.3 Å². The zero-order valence-electron chi connectivity index (χ0n) is 18.5. The monoisotopic (exact) mass is 424 g/mol. The Morgan fingerprint density at radius 1 is 1.03 bits per heavy atom. The molecule has 0 spiro atoms. The van der Waals surface area contributed by atoms with Crippen molar-refractivity contribution in [3.05, 3.63) is 51.2 Å². The van der Waals surface area contributed by atoms with Crippen LogP contribution >= 0.6 is 11.3 Å². The number of rotatable bonds is 3. The summed E-state index contributed by atoms with van der Waals surface area (Å²) < 4.78 is 0. The quantitative estimate of drug-likeness (QED) is 0.647. The van der Waals surface area contributed by atoms with Crippen molar-refractivity contribution >= 4 is 28.7 Å². The van der Waals surface area contributed by atoms with Crippen LogP contribution in [0.5, 0.6) is 0 Å². The average Bonchev–Trinajstić information content (AvgIpc) is 3.16. The highest BCUT2D eigenvalue weighted by Gasteiger charge is 2.31. The van der Waals surface area contributed by atoms with Crippen LogP contribution in [0.2, 0.25) is 0 Å². The van der Waals surface area contributed by atoms with Crippen LogP contribution in [0.4, 0.5) is 5.69 Å². The van der Waals surface area contributed by atoms with Gasteiger partial charge in [0.05, 0.1) is 4.88 Å². The van der Waals surface area contributed by atoms with E-state index >= 15 is 0 Å². The Morgan fingerprint density at radius 2 is 1.70 bits per heavy atom. The first-order valence-electron chi connectivity index (χ1n) is 11.0. The molecular weight excluding hydrogens is 392 g/mol. The molecule has 1 aromatic heterocycles. The minimum Gasteiger partial charge on any atom is -0.368 e. The molecule has 0 radical (unpaired) electrons. The van der Waals surface area contributed by atoms with Crippen LogP contribution in [0.15, 0.2) is 30.3 Å². The van der Waals surface area contributed by atoms with Gasteiger partial charge in [0, 0.05) is 42.3 Å². The molecule has 1 aliphatic heterocycles. The second-order valence-electron chi connectivity index (χ2n) is 9.75. The van der Waals surface area contributed by atoms with Crippen LogP contribution in [0.3, 0.4) is 0 Å². The van der Waals surface area contributed by atoms with Crippen LogP contribution in [0.25, 0.3) is 0 Å². The maximum Gasteiger partial charge on any atom is 0.264 e. The van der Waals surface area contributed by atoms with Crippen molar-refractivity contribution in [3.63, 3.8) is 0 Å². The number of anilines is 1. The molecule has 1 atom stereocenters. The van der Waals surface area contributed by atoms with Crippen LogP contribution in [-0.2, 0) is 12.8 Å². The van der Waals surface area contributed by atoms with Crippen molar-refractivity contribution in [2.45, 2.75) is 47.0 Å². The Bertz CT molecular complexity index is 931. The van der Waals surface area contributed by atoms with Gasteiger partial charge < -0.3 is 9.80 Å². The summed E-state index contributed by atoms with van der Waals surface area (Å²) in [5.74, 6) is 0.971. The summed E-state index contributed by atoms with van der Waals surface area (Å²) >= 11 is 1.71. The zero-order valence-corrected chi connectivity index (χ0v) is 19.3. The van der Waals surface area contributed by atoms with Crippen molar-refractivity contribution in [3.8, 4) is 0 Å². The lowest BCUT2D eigenvalue weighted by Gasteiger charge is -2.36. The number of carbonyl (C=O) groups is 2. The average molecular weight is 425 g/mol. The van der Waals surface area contributed by atoms with Gasteiger partial charge in [-0.25, -0.2) is 0 Å². The number of piperazine rings is 1. The SMILES string of the molecule is CC(=O)c1ccc(N2CCN(C(=O)c3cc4c(s3)CC[C@H](C(C)(C)C)C4)CC2)cc1. The number of aryl methyl sites for hydroxylation is 1. The first-order chi connectivity index (χ1) is 14.2. The van der Waals surface area contributed by atoms with Gasteiger partial charge in [-0.05, 0) is 73.4 Å². The van der Waals surface area contributed by atoms with Gasteiger partial charge in [-0.1, -0.05) is 20.8 Å². The van der Waals surface area contributed by atoms with E-state index in [9.17, 15) is 9.59 Å². The number of thiophene rings is 1. The summed E-state index contributed by atoms with van der Waals surface area (Å²) in [7, 11) is 0. The third-order valence-electron chi connectivity index (χ3n) is 6.72. The highest BCUT2D eigenvalue weighted by atomic mass is 32.1. The highest BCUT2D eigenvalue weighted by Crippen LogP contribution is 2.40. The Morgan fingerprint density at radius 3 is 2.30 bits per heavy atom. The smallest absolute Gasteiger partial charge is 0.264 e. The van der Waals surface area contributed by atoms with Gasteiger partial charge >= 0.3 is 0 Å². The van der Waals surface area contributed by atoms with Crippen LogP contribution in [0.1, 0.15) is 64.6 Å². The summed E-state index contributed by atoms with van der Waals surface area (Å²) in [5, 5.41) is 0. The Kier molecular flexibility index (Phi) is 5.75. The molecule has 0 unspecified atom stereocenters. The number of benzene rings is 1. The molecule has 2 heterocycles. The standard InChI is InChI=1S/C25H32N2O2S/c1-17(28)18-5-8-21(9-6-18)26-11-13-27(14-12-26)24(29)23-16-19-15-20(25(2,3)4)7-10-22(19)30-23/h5-6,8-9,16,20H,7,10-15H2,1-4H3/t20-/m0/s1. The molecule has 1 aromatic carbocycles. The van der Waals surface area contributed by atoms with Crippen molar-refractivity contribution in [2.75, 3.05) is 31.1 Å². The fourth-order valence-corrected chi connectivity index (χ4v) is 5.78. The molecule has 0 N–H and O–H groups in total. The first kappa shape index (κ1) is 21.1. The number of hydrogen-bond acceptors (Lipinski definition) is 4. The molecule has 4 rings (SSSR count). The van der Waals surface area contributed by atoms with E-state index < -0.39 is 0 Å². The van der Waals surface area contributed by atoms with Gasteiger partial charge in [0.25, 0.3) is 5.91 Å². The number of carbonyl (C=O) groups excluding carboxylic acids is 2. The Hall–Kier alpha value is -2.14. The molecule has 30 heavy (non-hydrogen) atoms. The third-order valence-corrected chi connectivity index (χ3v) is 7.95. The van der Waals surface area contributed by atoms with Crippen LogP contribution in [-0.4, -0.2) is 42.8 Å². The molecule has 1 amide bonds. The first-order valence-corrected chi connectivity index (χ1v) is 11.8. The largest absolute Gasteiger partial charge is 0.368 e. The number of Topliss-reactive ketones (excluding diaryl/α,β-unsaturated/α-hetero) is 1. The van der Waals surface area contributed by atoms with Gasteiger partial charge in [-0.15, -0.1) is 11.3 Å². The van der Waals surface area contributed by atoms with Gasteiger partial charge in [-0.3, -0.25) is 9.59 Å². The molecule has 1 saturated heterocycles. The predicted octanol–water partition coefficient (Wildman–Crippen LogP) is 5.06. The second kappa shape index (κ2) is 8.18. The molecule has 1 aliphatic carbocycles. The summed E-state index contributed by atoms with van der Waals surface area (Å²) in [6.45, 7) is 11.7. The number of nitrogens with zero attached hydrogens (tertiary/aromatic N) is 2. The Balaban J connectivity index is 1.38. The fourth-order valence-electron chi connectivity index (χ4n) is 4.60. The van der Waals surface area contributed by atoms with Crippen molar-refractivity contribution in [2.24, 2.45) is 11.3 Å². The van der Waals surface area contributed by atoms with Gasteiger partial charge in [0.15, 0.2) is 5.78 Å². The lowest BCUT2D eigenvalue weighted by molar-refractivity contribution is 0.0751.